The molecule has 4 heteroatoms. The number of nitrogens with two attached hydrogens (primary N) is 1. The summed E-state index contributed by atoms with van der Waals surface area (Å²) in [6.45, 7) is 3.59. The molecule has 0 atom stereocenters. The second kappa shape index (κ2) is 5.98. The average molecular weight is 200 g/mol. The summed E-state index contributed by atoms with van der Waals surface area (Å²) in [5, 5.41) is 0. The Balaban J connectivity index is 2.11. The van der Waals surface area contributed by atoms with Crippen LogP contribution in [0.1, 0.15) is 19.3 Å². The van der Waals surface area contributed by atoms with Gasteiger partial charge >= 0.3 is 0 Å². The Morgan fingerprint density at radius 2 is 2.14 bits per heavy atom. The van der Waals surface area contributed by atoms with Crippen LogP contribution in [0.3, 0.4) is 0 Å². The molecule has 1 heterocycles. The van der Waals surface area contributed by atoms with Crippen molar-refractivity contribution in [2.45, 2.75) is 19.3 Å². The summed E-state index contributed by atoms with van der Waals surface area (Å²) in [6, 6.07) is 0. The van der Waals surface area contributed by atoms with E-state index in [2.05, 4.69) is 4.90 Å². The molecule has 0 saturated carbocycles. The third-order valence-corrected chi connectivity index (χ3v) is 2.65. The summed E-state index contributed by atoms with van der Waals surface area (Å²) in [6.07, 6.45) is 2.74. The van der Waals surface area contributed by atoms with Crippen LogP contribution in [0.5, 0.6) is 0 Å². The van der Waals surface area contributed by atoms with Gasteiger partial charge in [-0.2, -0.15) is 0 Å². The van der Waals surface area contributed by atoms with E-state index in [1.807, 2.05) is 7.05 Å². The van der Waals surface area contributed by atoms with Gasteiger partial charge in [0.1, 0.15) is 0 Å². The molecule has 0 aromatic rings. The molecular formula is C10H20N2O2. The lowest BCUT2D eigenvalue weighted by molar-refractivity contribution is -0.118. The zero-order valence-electron chi connectivity index (χ0n) is 8.87. The van der Waals surface area contributed by atoms with E-state index in [4.69, 9.17) is 10.5 Å². The maximum absolute atomic E-state index is 10.6. The largest absolute Gasteiger partial charge is 0.381 e. The normalized spacial score (nSPS) is 18.7. The minimum Gasteiger partial charge on any atom is -0.381 e. The van der Waals surface area contributed by atoms with Gasteiger partial charge < -0.3 is 15.4 Å². The van der Waals surface area contributed by atoms with Crippen molar-refractivity contribution < 1.29 is 9.53 Å². The van der Waals surface area contributed by atoms with Crippen LogP contribution in [-0.2, 0) is 9.53 Å². The lowest BCUT2D eigenvalue weighted by atomic mass is 10.00. The predicted molar refractivity (Wildman–Crippen MR) is 54.9 cm³/mol. The standard InChI is InChI=1S/C10H20N2O2/c1-12(5-2-10(11)13)8-9-3-6-14-7-4-9/h9H,2-8H2,1H3,(H2,11,13). The van der Waals surface area contributed by atoms with Gasteiger partial charge in [0.05, 0.1) is 0 Å². The van der Waals surface area contributed by atoms with Gasteiger partial charge in [-0.25, -0.2) is 0 Å². The van der Waals surface area contributed by atoms with Crippen LogP contribution in [0.4, 0.5) is 0 Å². The van der Waals surface area contributed by atoms with E-state index in [0.717, 1.165) is 45.1 Å². The number of nitrogens with zero attached hydrogens (tertiary/aromatic N) is 1. The van der Waals surface area contributed by atoms with E-state index in [9.17, 15) is 4.79 Å². The van der Waals surface area contributed by atoms with Crippen molar-refractivity contribution >= 4 is 5.91 Å². The third-order valence-electron chi connectivity index (χ3n) is 2.65. The molecule has 82 valence electrons. The van der Waals surface area contributed by atoms with E-state index < -0.39 is 0 Å². The second-order valence-electron chi connectivity index (χ2n) is 4.03. The quantitative estimate of drug-likeness (QED) is 0.690. The molecule has 1 rings (SSSR count). The predicted octanol–water partition coefficient (Wildman–Crippen LogP) is 0.220. The van der Waals surface area contributed by atoms with E-state index >= 15 is 0 Å². The molecule has 4 nitrogen and oxygen atoms in total. The molecule has 0 bridgehead atoms. The van der Waals surface area contributed by atoms with Gasteiger partial charge in [-0.1, -0.05) is 0 Å². The highest BCUT2D eigenvalue weighted by Crippen LogP contribution is 2.15. The summed E-state index contributed by atoms with van der Waals surface area (Å²) in [5.41, 5.74) is 5.09. The fraction of sp³-hybridized carbons (Fsp3) is 0.900. The van der Waals surface area contributed by atoms with E-state index in [-0.39, 0.29) is 5.91 Å². The number of carbonyl (C=O) groups is 1. The first-order chi connectivity index (χ1) is 6.68. The molecule has 0 unspecified atom stereocenters. The summed E-state index contributed by atoms with van der Waals surface area (Å²) >= 11 is 0. The highest BCUT2D eigenvalue weighted by Gasteiger charge is 2.15. The number of primary amides is 1. The average Bonchev–Trinajstić information content (AvgIpc) is 2.16. The van der Waals surface area contributed by atoms with Crippen LogP contribution in [0.2, 0.25) is 0 Å². The lowest BCUT2D eigenvalue weighted by Crippen LogP contribution is -2.32. The van der Waals surface area contributed by atoms with E-state index in [1.165, 1.54) is 0 Å². The lowest BCUT2D eigenvalue weighted by Gasteiger charge is -2.26. The van der Waals surface area contributed by atoms with Gasteiger partial charge in [-0.3, -0.25) is 4.79 Å². The Morgan fingerprint density at radius 3 is 2.71 bits per heavy atom. The molecule has 2 N–H and O–H groups in total. The first-order valence-electron chi connectivity index (χ1n) is 5.23. The van der Waals surface area contributed by atoms with Crippen LogP contribution in [-0.4, -0.2) is 44.2 Å². The molecule has 1 aliphatic heterocycles. The number of ether oxygens (including phenoxy) is 1. The molecule has 14 heavy (non-hydrogen) atoms. The molecule has 0 aliphatic carbocycles. The fourth-order valence-electron chi connectivity index (χ4n) is 1.76. The van der Waals surface area contributed by atoms with Crippen molar-refractivity contribution in [2.24, 2.45) is 11.7 Å². The first-order valence-corrected chi connectivity index (χ1v) is 5.23. The van der Waals surface area contributed by atoms with Gasteiger partial charge in [-0.15, -0.1) is 0 Å². The molecule has 1 amide bonds. The van der Waals surface area contributed by atoms with E-state index in [1.54, 1.807) is 0 Å². The van der Waals surface area contributed by atoms with Crippen molar-refractivity contribution in [3.8, 4) is 0 Å². The number of amides is 1. The minimum atomic E-state index is -0.219. The molecule has 0 aromatic carbocycles. The number of hydrogen-bond donors (Lipinski definition) is 1. The van der Waals surface area contributed by atoms with Crippen molar-refractivity contribution in [1.82, 2.24) is 4.90 Å². The topological polar surface area (TPSA) is 55.6 Å². The van der Waals surface area contributed by atoms with Crippen molar-refractivity contribution in [1.29, 1.82) is 0 Å². The Bertz CT molecular complexity index is 179. The molecular weight excluding hydrogens is 180 g/mol. The summed E-state index contributed by atoms with van der Waals surface area (Å²) < 4.78 is 5.29. The fourth-order valence-corrected chi connectivity index (χ4v) is 1.76. The molecule has 1 saturated heterocycles. The number of rotatable bonds is 5. The van der Waals surface area contributed by atoms with Crippen molar-refractivity contribution in [3.63, 3.8) is 0 Å². The summed E-state index contributed by atoms with van der Waals surface area (Å²) in [4.78, 5) is 12.8. The van der Waals surface area contributed by atoms with Gasteiger partial charge in [0.15, 0.2) is 0 Å². The number of hydrogen-bond acceptors (Lipinski definition) is 3. The Labute approximate surface area is 85.4 Å². The Morgan fingerprint density at radius 1 is 1.50 bits per heavy atom. The highest BCUT2D eigenvalue weighted by atomic mass is 16.5. The SMILES string of the molecule is CN(CCC(N)=O)CC1CCOCC1. The molecule has 0 radical (unpaired) electrons. The molecule has 1 aliphatic rings. The maximum atomic E-state index is 10.6. The van der Waals surface area contributed by atoms with Crippen LogP contribution in [0.15, 0.2) is 0 Å². The molecule has 0 spiro atoms. The van der Waals surface area contributed by atoms with Crippen LogP contribution >= 0.6 is 0 Å². The second-order valence-corrected chi connectivity index (χ2v) is 4.03. The van der Waals surface area contributed by atoms with Gasteiger partial charge in [0, 0.05) is 32.7 Å². The smallest absolute Gasteiger partial charge is 0.218 e. The highest BCUT2D eigenvalue weighted by molar-refractivity contribution is 5.73. The summed E-state index contributed by atoms with van der Waals surface area (Å²) in [7, 11) is 2.04. The van der Waals surface area contributed by atoms with Gasteiger partial charge in [0.2, 0.25) is 5.91 Å². The van der Waals surface area contributed by atoms with Crippen LogP contribution < -0.4 is 5.73 Å². The molecule has 1 fully saturated rings. The zero-order chi connectivity index (χ0) is 10.4. The minimum absolute atomic E-state index is 0.219. The molecule has 0 aromatic heterocycles. The van der Waals surface area contributed by atoms with Gasteiger partial charge in [0.25, 0.3) is 0 Å². The van der Waals surface area contributed by atoms with Crippen molar-refractivity contribution in [2.75, 3.05) is 33.4 Å². The zero-order valence-corrected chi connectivity index (χ0v) is 8.87. The third kappa shape index (κ3) is 4.58. The monoisotopic (exact) mass is 200 g/mol. The van der Waals surface area contributed by atoms with Crippen LogP contribution in [0, 0.1) is 5.92 Å². The Kier molecular flexibility index (Phi) is 4.90. The van der Waals surface area contributed by atoms with Gasteiger partial charge in [-0.05, 0) is 25.8 Å². The Hall–Kier alpha value is -0.610. The first kappa shape index (κ1) is 11.5. The number of carbonyl (C=O) groups excluding carboxylic acids is 1. The van der Waals surface area contributed by atoms with E-state index in [0.29, 0.717) is 6.42 Å². The van der Waals surface area contributed by atoms with Crippen molar-refractivity contribution in [3.05, 3.63) is 0 Å². The van der Waals surface area contributed by atoms with Crippen LogP contribution in [0.25, 0.3) is 0 Å². The maximum Gasteiger partial charge on any atom is 0.218 e. The summed E-state index contributed by atoms with van der Waals surface area (Å²) in [5.74, 6) is 0.505.